The Hall–Kier alpha value is -0.140. The Morgan fingerprint density at radius 3 is 2.12 bits per heavy atom. The summed E-state index contributed by atoms with van der Waals surface area (Å²) in [5.74, 6) is 0.859. The summed E-state index contributed by atoms with van der Waals surface area (Å²) in [7, 11) is 1.18. The second kappa shape index (κ2) is 15.9. The molecule has 0 bridgehead atoms. The van der Waals surface area contributed by atoms with Gasteiger partial charge in [0.15, 0.2) is 0 Å². The summed E-state index contributed by atoms with van der Waals surface area (Å²) < 4.78 is 1.34. The molecule has 0 saturated heterocycles. The minimum atomic E-state index is -0.521. The topological polar surface area (TPSA) is 41.9 Å². The molecule has 154 valence electrons. The van der Waals surface area contributed by atoms with Gasteiger partial charge in [-0.1, -0.05) is 69.9 Å². The maximum atomic E-state index is 12.0. The van der Waals surface area contributed by atoms with Crippen LogP contribution in [0.5, 0.6) is 0 Å². The van der Waals surface area contributed by atoms with E-state index in [-0.39, 0.29) is 4.75 Å². The van der Waals surface area contributed by atoms with Gasteiger partial charge in [0.05, 0.1) is 6.21 Å². The minimum absolute atomic E-state index is 0.148. The Kier molecular flexibility index (Phi) is 15.8. The lowest BCUT2D eigenvalue weighted by molar-refractivity contribution is 0.137. The monoisotopic (exact) mass is 422 g/mol. The molecule has 1 amide bonds. The van der Waals surface area contributed by atoms with E-state index in [1.807, 2.05) is 20.1 Å². The normalized spacial score (nSPS) is 13.1. The highest BCUT2D eigenvalue weighted by Crippen LogP contribution is 2.18. The van der Waals surface area contributed by atoms with E-state index in [1.54, 1.807) is 25.0 Å². The first-order valence-electron chi connectivity index (χ1n) is 9.77. The molecule has 7 heteroatoms. The maximum absolute atomic E-state index is 12.0. The summed E-state index contributed by atoms with van der Waals surface area (Å²) in [6.45, 7) is 6.28. The molecular formula is C19H38N2O2S3. The fourth-order valence-corrected chi connectivity index (χ4v) is 3.85. The first-order chi connectivity index (χ1) is 12.3. The largest absolute Gasteiger partial charge is 0.445 e. The van der Waals surface area contributed by atoms with Crippen molar-refractivity contribution in [2.75, 3.05) is 19.1 Å². The average molecular weight is 423 g/mol. The molecule has 0 rings (SSSR count). The quantitative estimate of drug-likeness (QED) is 0.138. The van der Waals surface area contributed by atoms with Crippen molar-refractivity contribution in [3.8, 4) is 0 Å². The van der Waals surface area contributed by atoms with E-state index in [0.717, 1.165) is 12.2 Å². The van der Waals surface area contributed by atoms with Crippen molar-refractivity contribution in [2.24, 2.45) is 5.16 Å². The van der Waals surface area contributed by atoms with Crippen LogP contribution >= 0.6 is 11.8 Å². The third-order valence-corrected chi connectivity index (χ3v) is 7.98. The molecule has 0 heterocycles. The first kappa shape index (κ1) is 25.9. The summed E-state index contributed by atoms with van der Waals surface area (Å²) >= 11 is 7.08. The second-order valence-corrected chi connectivity index (χ2v) is 11.3. The van der Waals surface area contributed by atoms with Crippen LogP contribution in [0.3, 0.4) is 0 Å². The molecule has 0 aliphatic rings. The number of hydrogen-bond acceptors (Lipinski definition) is 5. The number of thioether (sulfide) groups is 1. The van der Waals surface area contributed by atoms with Crippen molar-refractivity contribution >= 4 is 44.9 Å². The number of hydrogen-bond donors (Lipinski definition) is 0. The van der Waals surface area contributed by atoms with Crippen LogP contribution in [0.25, 0.3) is 0 Å². The molecular weight excluding hydrogens is 384 g/mol. The minimum Gasteiger partial charge on any atom is -0.298 e. The standard InChI is InChI=1S/C19H38N2O2S3/c1-6-7-8-9-10-11-12-13-14-15-16-26(24)21(4)18(22)23-20-17-19(2,3)25-5/h17H,6-16H2,1-5H3. The van der Waals surface area contributed by atoms with Crippen LogP contribution in [-0.2, 0) is 25.7 Å². The van der Waals surface area contributed by atoms with E-state index in [4.69, 9.17) is 16.0 Å². The summed E-state index contributed by atoms with van der Waals surface area (Å²) in [6.07, 6.45) is 16.2. The zero-order valence-electron chi connectivity index (χ0n) is 17.3. The lowest BCUT2D eigenvalue weighted by Crippen LogP contribution is -2.29. The van der Waals surface area contributed by atoms with Gasteiger partial charge in [-0.25, -0.2) is 9.10 Å². The fraction of sp³-hybridized carbons (Fsp3) is 0.895. The third-order valence-electron chi connectivity index (χ3n) is 4.26. The molecule has 4 nitrogen and oxygen atoms in total. The van der Waals surface area contributed by atoms with Crippen LogP contribution in [0.1, 0.15) is 85.0 Å². The molecule has 0 aliphatic heterocycles. The summed E-state index contributed by atoms with van der Waals surface area (Å²) in [4.78, 5) is 16.9. The second-order valence-electron chi connectivity index (χ2n) is 7.10. The van der Waals surface area contributed by atoms with Gasteiger partial charge < -0.3 is 0 Å². The summed E-state index contributed by atoms with van der Waals surface area (Å²) in [6, 6.07) is 0. The van der Waals surface area contributed by atoms with Crippen molar-refractivity contribution in [3.63, 3.8) is 0 Å². The van der Waals surface area contributed by atoms with E-state index in [9.17, 15) is 4.79 Å². The zero-order valence-corrected chi connectivity index (χ0v) is 19.7. The van der Waals surface area contributed by atoms with Gasteiger partial charge in [-0.2, -0.15) is 11.8 Å². The number of amides is 1. The SMILES string of the molecule is CCCCCCCCCCCCS(=S)N(C)C(=O)ON=CC(C)(C)SC. The van der Waals surface area contributed by atoms with Crippen molar-refractivity contribution in [1.29, 1.82) is 0 Å². The van der Waals surface area contributed by atoms with Crippen molar-refractivity contribution in [3.05, 3.63) is 0 Å². The van der Waals surface area contributed by atoms with Gasteiger partial charge in [-0.15, -0.1) is 0 Å². The van der Waals surface area contributed by atoms with E-state index >= 15 is 0 Å². The molecule has 0 N–H and O–H groups in total. The summed E-state index contributed by atoms with van der Waals surface area (Å²) in [5, 5.41) is 3.80. The van der Waals surface area contributed by atoms with Gasteiger partial charge in [-0.3, -0.25) is 4.84 Å². The van der Waals surface area contributed by atoms with Gasteiger partial charge in [0.2, 0.25) is 0 Å². The van der Waals surface area contributed by atoms with Crippen LogP contribution in [0.2, 0.25) is 0 Å². The lowest BCUT2D eigenvalue weighted by atomic mass is 10.1. The predicted molar refractivity (Wildman–Crippen MR) is 122 cm³/mol. The molecule has 0 aromatic carbocycles. The van der Waals surface area contributed by atoms with Crippen LogP contribution in [-0.4, -0.2) is 40.4 Å². The lowest BCUT2D eigenvalue weighted by Gasteiger charge is -2.17. The Bertz CT molecular complexity index is 429. The highest BCUT2D eigenvalue weighted by molar-refractivity contribution is 8.27. The van der Waals surface area contributed by atoms with E-state index in [0.29, 0.717) is 0 Å². The van der Waals surface area contributed by atoms with Crippen molar-refractivity contribution in [2.45, 2.75) is 89.7 Å². The highest BCUT2D eigenvalue weighted by atomic mass is 32.8. The van der Waals surface area contributed by atoms with Gasteiger partial charge in [0.1, 0.15) is 0 Å². The van der Waals surface area contributed by atoms with Gasteiger partial charge in [0.25, 0.3) is 0 Å². The highest BCUT2D eigenvalue weighted by Gasteiger charge is 2.16. The molecule has 26 heavy (non-hydrogen) atoms. The first-order valence-corrected chi connectivity index (χ1v) is 13.3. The molecule has 0 fully saturated rings. The predicted octanol–water partition coefficient (Wildman–Crippen LogP) is 6.10. The van der Waals surface area contributed by atoms with Crippen LogP contribution in [0, 0.1) is 0 Å². The number of oxime groups is 1. The Morgan fingerprint density at radius 2 is 1.62 bits per heavy atom. The molecule has 0 saturated carbocycles. The molecule has 0 radical (unpaired) electrons. The van der Waals surface area contributed by atoms with Gasteiger partial charge in [0, 0.05) is 17.5 Å². The van der Waals surface area contributed by atoms with E-state index in [2.05, 4.69) is 12.1 Å². The molecule has 0 aromatic heterocycles. The average Bonchev–Trinajstić information content (AvgIpc) is 2.62. The fourth-order valence-electron chi connectivity index (χ4n) is 2.24. The Balaban J connectivity index is 3.77. The van der Waals surface area contributed by atoms with Gasteiger partial charge >= 0.3 is 6.09 Å². The van der Waals surface area contributed by atoms with Crippen molar-refractivity contribution < 1.29 is 9.63 Å². The molecule has 0 spiro atoms. The van der Waals surface area contributed by atoms with Crippen LogP contribution in [0.4, 0.5) is 4.79 Å². The number of unbranched alkanes of at least 4 members (excludes halogenated alkanes) is 9. The maximum Gasteiger partial charge on any atom is 0.445 e. The van der Waals surface area contributed by atoms with E-state index in [1.165, 1.54) is 62.1 Å². The van der Waals surface area contributed by atoms with E-state index < -0.39 is 15.7 Å². The number of carbonyl (C=O) groups excluding carboxylic acids is 1. The zero-order chi connectivity index (χ0) is 19.8. The Morgan fingerprint density at radius 1 is 1.12 bits per heavy atom. The molecule has 1 atom stereocenters. The molecule has 0 aromatic rings. The van der Waals surface area contributed by atoms with Crippen molar-refractivity contribution in [1.82, 2.24) is 4.31 Å². The number of nitrogens with zero attached hydrogens (tertiary/aromatic N) is 2. The number of carbonyl (C=O) groups is 1. The summed E-state index contributed by atoms with van der Waals surface area (Å²) in [5.41, 5.74) is 0. The Labute approximate surface area is 172 Å². The molecule has 0 aliphatic carbocycles. The van der Waals surface area contributed by atoms with Crippen LogP contribution < -0.4 is 0 Å². The molecule has 1 unspecified atom stereocenters. The van der Waals surface area contributed by atoms with Crippen LogP contribution in [0.15, 0.2) is 5.16 Å². The third kappa shape index (κ3) is 14.0. The van der Waals surface area contributed by atoms with Gasteiger partial charge in [-0.05, 0) is 47.4 Å². The smallest absolute Gasteiger partial charge is 0.298 e. The number of rotatable bonds is 15.